The van der Waals surface area contributed by atoms with Gasteiger partial charge in [0.1, 0.15) is 11.6 Å². The van der Waals surface area contributed by atoms with E-state index in [0.717, 1.165) is 36.4 Å². The van der Waals surface area contributed by atoms with E-state index in [1.807, 2.05) is 19.1 Å². The molecule has 0 spiro atoms. The van der Waals surface area contributed by atoms with Gasteiger partial charge in [-0.05, 0) is 50.4 Å². The van der Waals surface area contributed by atoms with Gasteiger partial charge in [0.25, 0.3) is 0 Å². The molecule has 25 heavy (non-hydrogen) atoms. The molecule has 0 bridgehead atoms. The molecule has 0 aliphatic carbocycles. The van der Waals surface area contributed by atoms with Crippen LogP contribution in [-0.4, -0.2) is 34.6 Å². The summed E-state index contributed by atoms with van der Waals surface area (Å²) in [7, 11) is 0. The number of aromatic nitrogens is 1. The summed E-state index contributed by atoms with van der Waals surface area (Å²) in [5.74, 6) is 0.517. The van der Waals surface area contributed by atoms with Crippen molar-refractivity contribution >= 4 is 5.91 Å². The van der Waals surface area contributed by atoms with Gasteiger partial charge >= 0.3 is 0 Å². The van der Waals surface area contributed by atoms with Crippen LogP contribution in [0.25, 0.3) is 0 Å². The van der Waals surface area contributed by atoms with Gasteiger partial charge in [-0.25, -0.2) is 4.39 Å². The molecular weight excluding hydrogens is 321 g/mol. The molecule has 1 fully saturated rings. The number of rotatable bonds is 5. The summed E-state index contributed by atoms with van der Waals surface area (Å²) in [5, 5.41) is 7.16. The fourth-order valence-electron chi connectivity index (χ4n) is 3.63. The maximum Gasteiger partial charge on any atom is 0.217 e. The second-order valence-corrected chi connectivity index (χ2v) is 6.75. The zero-order valence-electron chi connectivity index (χ0n) is 14.7. The minimum atomic E-state index is -0.233. The second-order valence-electron chi connectivity index (χ2n) is 6.75. The van der Waals surface area contributed by atoms with Gasteiger partial charge in [0.2, 0.25) is 5.91 Å². The van der Waals surface area contributed by atoms with Crippen LogP contribution in [-0.2, 0) is 17.8 Å². The van der Waals surface area contributed by atoms with E-state index in [2.05, 4.69) is 15.4 Å². The maximum absolute atomic E-state index is 13.6. The fourth-order valence-corrected chi connectivity index (χ4v) is 3.63. The Bertz CT molecular complexity index is 731. The van der Waals surface area contributed by atoms with Crippen molar-refractivity contribution < 1.29 is 13.7 Å². The number of amides is 1. The van der Waals surface area contributed by atoms with Gasteiger partial charge in [0.05, 0.1) is 5.69 Å². The standard InChI is InChI=1S/C19H24FN3O2/c1-13-9-17(22-25-13)12-23-8-4-7-18(21-14(2)24)19(23)11-15-5-3-6-16(20)10-15/h3,5-6,9-10,18-19H,4,7-8,11-12H2,1-2H3,(H,21,24)/t18-,19-/m0/s1. The lowest BCUT2D eigenvalue weighted by Crippen LogP contribution is -2.55. The number of benzene rings is 1. The van der Waals surface area contributed by atoms with Crippen LogP contribution in [0.2, 0.25) is 0 Å². The number of piperidine rings is 1. The highest BCUT2D eigenvalue weighted by Gasteiger charge is 2.32. The molecule has 1 aliphatic heterocycles. The lowest BCUT2D eigenvalue weighted by atomic mass is 9.90. The Morgan fingerprint density at radius 2 is 2.28 bits per heavy atom. The number of hydrogen-bond acceptors (Lipinski definition) is 4. The predicted molar refractivity (Wildman–Crippen MR) is 92.4 cm³/mol. The number of halogens is 1. The normalized spacial score (nSPS) is 21.2. The molecule has 3 rings (SSSR count). The fraction of sp³-hybridized carbons (Fsp3) is 0.474. The number of likely N-dealkylation sites (tertiary alicyclic amines) is 1. The van der Waals surface area contributed by atoms with Gasteiger partial charge in [-0.3, -0.25) is 9.69 Å². The molecule has 1 amide bonds. The van der Waals surface area contributed by atoms with E-state index in [-0.39, 0.29) is 23.8 Å². The topological polar surface area (TPSA) is 58.4 Å². The van der Waals surface area contributed by atoms with Crippen molar-refractivity contribution in [2.75, 3.05) is 6.54 Å². The van der Waals surface area contributed by atoms with Crippen LogP contribution < -0.4 is 5.32 Å². The first kappa shape index (κ1) is 17.6. The molecule has 1 saturated heterocycles. The Balaban J connectivity index is 1.81. The molecule has 0 saturated carbocycles. The van der Waals surface area contributed by atoms with Crippen LogP contribution in [0.1, 0.15) is 36.8 Å². The van der Waals surface area contributed by atoms with Gasteiger partial charge in [-0.2, -0.15) is 0 Å². The summed E-state index contributed by atoms with van der Waals surface area (Å²) in [6.07, 6.45) is 2.61. The molecule has 2 aromatic rings. The third-order valence-electron chi connectivity index (χ3n) is 4.66. The Morgan fingerprint density at radius 3 is 2.96 bits per heavy atom. The summed E-state index contributed by atoms with van der Waals surface area (Å²) in [4.78, 5) is 13.9. The van der Waals surface area contributed by atoms with E-state index in [4.69, 9.17) is 4.52 Å². The van der Waals surface area contributed by atoms with Crippen LogP contribution in [0.5, 0.6) is 0 Å². The van der Waals surface area contributed by atoms with Gasteiger partial charge in [-0.1, -0.05) is 17.3 Å². The highest BCUT2D eigenvalue weighted by Crippen LogP contribution is 2.24. The highest BCUT2D eigenvalue weighted by molar-refractivity contribution is 5.73. The van der Waals surface area contributed by atoms with Crippen molar-refractivity contribution in [3.05, 3.63) is 53.2 Å². The Hall–Kier alpha value is -2.21. The van der Waals surface area contributed by atoms with E-state index in [9.17, 15) is 9.18 Å². The number of carbonyl (C=O) groups excluding carboxylic acids is 1. The summed E-state index contributed by atoms with van der Waals surface area (Å²) < 4.78 is 18.7. The minimum Gasteiger partial charge on any atom is -0.361 e. The van der Waals surface area contributed by atoms with E-state index in [1.54, 1.807) is 19.1 Å². The van der Waals surface area contributed by atoms with Gasteiger partial charge < -0.3 is 9.84 Å². The average Bonchev–Trinajstić information content (AvgIpc) is 2.95. The van der Waals surface area contributed by atoms with Crippen LogP contribution in [0.3, 0.4) is 0 Å². The smallest absolute Gasteiger partial charge is 0.217 e. The third-order valence-corrected chi connectivity index (χ3v) is 4.66. The van der Waals surface area contributed by atoms with Gasteiger partial charge in [0, 0.05) is 31.6 Å². The average molecular weight is 345 g/mol. The van der Waals surface area contributed by atoms with Crippen molar-refractivity contribution in [3.8, 4) is 0 Å². The number of hydrogen-bond donors (Lipinski definition) is 1. The van der Waals surface area contributed by atoms with Crippen molar-refractivity contribution in [1.82, 2.24) is 15.4 Å². The molecule has 0 unspecified atom stereocenters. The Kier molecular flexibility index (Phi) is 5.48. The highest BCUT2D eigenvalue weighted by atomic mass is 19.1. The molecule has 2 atom stereocenters. The van der Waals surface area contributed by atoms with E-state index in [1.165, 1.54) is 6.07 Å². The summed E-state index contributed by atoms with van der Waals surface area (Å²) >= 11 is 0. The number of aryl methyl sites for hydroxylation is 1. The summed E-state index contributed by atoms with van der Waals surface area (Å²) in [6.45, 7) is 4.99. The number of carbonyl (C=O) groups is 1. The van der Waals surface area contributed by atoms with Crippen molar-refractivity contribution in [2.24, 2.45) is 0 Å². The quantitative estimate of drug-likeness (QED) is 0.905. The first-order chi connectivity index (χ1) is 12.0. The molecule has 134 valence electrons. The van der Waals surface area contributed by atoms with Crippen molar-refractivity contribution in [1.29, 1.82) is 0 Å². The zero-order chi connectivity index (χ0) is 17.8. The third kappa shape index (κ3) is 4.66. The molecule has 1 aliphatic rings. The molecular formula is C19H24FN3O2. The molecule has 6 heteroatoms. The largest absolute Gasteiger partial charge is 0.361 e. The minimum absolute atomic E-state index is 0.0339. The van der Waals surface area contributed by atoms with Crippen LogP contribution >= 0.6 is 0 Å². The van der Waals surface area contributed by atoms with Gasteiger partial charge in [-0.15, -0.1) is 0 Å². The SMILES string of the molecule is CC(=O)N[C@H]1CCCN(Cc2cc(C)on2)[C@H]1Cc1cccc(F)c1. The zero-order valence-corrected chi connectivity index (χ0v) is 14.7. The molecule has 1 aromatic carbocycles. The van der Waals surface area contributed by atoms with Crippen LogP contribution in [0.4, 0.5) is 4.39 Å². The Labute approximate surface area is 147 Å². The summed E-state index contributed by atoms with van der Waals surface area (Å²) in [5.41, 5.74) is 1.81. The maximum atomic E-state index is 13.6. The second kappa shape index (κ2) is 7.78. The number of nitrogens with zero attached hydrogens (tertiary/aromatic N) is 2. The monoisotopic (exact) mass is 345 g/mol. The number of nitrogens with one attached hydrogen (secondary N) is 1. The summed E-state index contributed by atoms with van der Waals surface area (Å²) in [6, 6.07) is 8.75. The first-order valence-corrected chi connectivity index (χ1v) is 8.69. The molecule has 1 N–H and O–H groups in total. The lowest BCUT2D eigenvalue weighted by Gasteiger charge is -2.41. The van der Waals surface area contributed by atoms with Crippen LogP contribution in [0, 0.1) is 12.7 Å². The van der Waals surface area contributed by atoms with Crippen molar-refractivity contribution in [3.63, 3.8) is 0 Å². The van der Waals surface area contributed by atoms with E-state index in [0.29, 0.717) is 13.0 Å². The van der Waals surface area contributed by atoms with E-state index >= 15 is 0 Å². The van der Waals surface area contributed by atoms with Crippen LogP contribution in [0.15, 0.2) is 34.9 Å². The molecule has 5 nitrogen and oxygen atoms in total. The molecule has 2 heterocycles. The Morgan fingerprint density at radius 1 is 1.44 bits per heavy atom. The lowest BCUT2D eigenvalue weighted by molar-refractivity contribution is -0.120. The molecule has 0 radical (unpaired) electrons. The molecule has 1 aromatic heterocycles. The van der Waals surface area contributed by atoms with Crippen molar-refractivity contribution in [2.45, 2.75) is 51.7 Å². The predicted octanol–water partition coefficient (Wildman–Crippen LogP) is 2.83. The van der Waals surface area contributed by atoms with E-state index < -0.39 is 0 Å². The first-order valence-electron chi connectivity index (χ1n) is 8.69. The van der Waals surface area contributed by atoms with Gasteiger partial charge in [0.15, 0.2) is 0 Å².